The van der Waals surface area contributed by atoms with E-state index in [1.165, 1.54) is 5.56 Å². The zero-order valence-corrected chi connectivity index (χ0v) is 9.95. The molecule has 1 saturated heterocycles. The molecular weight excluding hydrogens is 222 g/mol. The molecule has 88 valence electrons. The van der Waals surface area contributed by atoms with Gasteiger partial charge in [-0.3, -0.25) is 9.69 Å². The zero-order chi connectivity index (χ0) is 11.5. The maximum Gasteiger partial charge on any atom is 0.221 e. The maximum atomic E-state index is 11.1. The lowest BCUT2D eigenvalue weighted by Gasteiger charge is -2.25. The van der Waals surface area contributed by atoms with Gasteiger partial charge < -0.3 is 11.5 Å². The molecule has 0 aromatic carbocycles. The summed E-state index contributed by atoms with van der Waals surface area (Å²) in [6, 6.07) is 2.33. The molecule has 1 aliphatic heterocycles. The SMILES string of the molecule is NCC(c1ccsc1)N1CCC(C(N)=O)C1. The summed E-state index contributed by atoms with van der Waals surface area (Å²) in [7, 11) is 0. The molecule has 1 amide bonds. The average Bonchev–Trinajstić information content (AvgIpc) is 2.88. The summed E-state index contributed by atoms with van der Waals surface area (Å²) in [5.74, 6) is -0.198. The van der Waals surface area contributed by atoms with E-state index in [0.29, 0.717) is 6.54 Å². The Morgan fingerprint density at radius 3 is 3.00 bits per heavy atom. The Morgan fingerprint density at radius 2 is 2.50 bits per heavy atom. The van der Waals surface area contributed by atoms with Crippen LogP contribution in [-0.4, -0.2) is 30.4 Å². The second-order valence-corrected chi connectivity index (χ2v) is 4.97. The molecule has 5 heteroatoms. The van der Waals surface area contributed by atoms with E-state index in [0.717, 1.165) is 19.5 Å². The van der Waals surface area contributed by atoms with Crippen LogP contribution in [0.15, 0.2) is 16.8 Å². The van der Waals surface area contributed by atoms with Crippen molar-refractivity contribution in [3.63, 3.8) is 0 Å². The van der Waals surface area contributed by atoms with Crippen molar-refractivity contribution in [1.29, 1.82) is 0 Å². The highest BCUT2D eigenvalue weighted by molar-refractivity contribution is 7.07. The molecule has 2 rings (SSSR count). The number of thiophene rings is 1. The summed E-state index contributed by atoms with van der Waals surface area (Å²) in [5, 5.41) is 4.18. The quantitative estimate of drug-likeness (QED) is 0.806. The number of amides is 1. The number of carbonyl (C=O) groups is 1. The third-order valence-corrected chi connectivity index (χ3v) is 3.92. The van der Waals surface area contributed by atoms with Gasteiger partial charge in [-0.1, -0.05) is 0 Å². The smallest absolute Gasteiger partial charge is 0.221 e. The fourth-order valence-corrected chi connectivity index (χ4v) is 2.97. The molecule has 0 aliphatic carbocycles. The molecule has 2 atom stereocenters. The molecule has 1 aromatic heterocycles. The third-order valence-electron chi connectivity index (χ3n) is 3.21. The topological polar surface area (TPSA) is 72.3 Å². The first-order valence-corrected chi connectivity index (χ1v) is 6.42. The minimum absolute atomic E-state index is 0.00677. The Hall–Kier alpha value is -0.910. The lowest BCUT2D eigenvalue weighted by atomic mass is 10.1. The van der Waals surface area contributed by atoms with E-state index in [1.54, 1.807) is 11.3 Å². The van der Waals surface area contributed by atoms with Crippen LogP contribution in [0.1, 0.15) is 18.0 Å². The average molecular weight is 239 g/mol. The van der Waals surface area contributed by atoms with E-state index in [9.17, 15) is 4.79 Å². The second-order valence-electron chi connectivity index (χ2n) is 4.19. The van der Waals surface area contributed by atoms with Gasteiger partial charge in [0, 0.05) is 19.1 Å². The van der Waals surface area contributed by atoms with Gasteiger partial charge in [0.15, 0.2) is 0 Å². The van der Waals surface area contributed by atoms with Crippen molar-refractivity contribution >= 4 is 17.2 Å². The predicted octanol–water partition coefficient (Wildman–Crippen LogP) is 0.555. The van der Waals surface area contributed by atoms with Crippen LogP contribution in [0.5, 0.6) is 0 Å². The van der Waals surface area contributed by atoms with Crippen molar-refractivity contribution in [2.45, 2.75) is 12.5 Å². The van der Waals surface area contributed by atoms with E-state index in [-0.39, 0.29) is 17.9 Å². The Labute approximate surface area is 99.2 Å². The zero-order valence-electron chi connectivity index (χ0n) is 9.13. The minimum Gasteiger partial charge on any atom is -0.369 e. The van der Waals surface area contributed by atoms with Crippen LogP contribution in [-0.2, 0) is 4.79 Å². The van der Waals surface area contributed by atoms with E-state index in [1.807, 2.05) is 0 Å². The number of nitrogens with two attached hydrogens (primary N) is 2. The maximum absolute atomic E-state index is 11.1. The van der Waals surface area contributed by atoms with Crippen molar-refractivity contribution < 1.29 is 4.79 Å². The fraction of sp³-hybridized carbons (Fsp3) is 0.545. The van der Waals surface area contributed by atoms with Crippen LogP contribution < -0.4 is 11.5 Å². The van der Waals surface area contributed by atoms with Gasteiger partial charge in [0.05, 0.1) is 5.92 Å². The minimum atomic E-state index is -0.191. The number of hydrogen-bond donors (Lipinski definition) is 2. The van der Waals surface area contributed by atoms with Crippen molar-refractivity contribution in [3.05, 3.63) is 22.4 Å². The lowest BCUT2D eigenvalue weighted by molar-refractivity contribution is -0.121. The van der Waals surface area contributed by atoms with Gasteiger partial charge in [-0.05, 0) is 35.4 Å². The summed E-state index contributed by atoms with van der Waals surface area (Å²) < 4.78 is 0. The first-order valence-electron chi connectivity index (χ1n) is 5.48. The Morgan fingerprint density at radius 1 is 1.69 bits per heavy atom. The first kappa shape index (κ1) is 11.6. The largest absolute Gasteiger partial charge is 0.369 e. The third kappa shape index (κ3) is 2.26. The second kappa shape index (κ2) is 4.95. The predicted molar refractivity (Wildman–Crippen MR) is 65.0 cm³/mol. The van der Waals surface area contributed by atoms with Crippen molar-refractivity contribution in [2.75, 3.05) is 19.6 Å². The van der Waals surface area contributed by atoms with Gasteiger partial charge in [0.1, 0.15) is 0 Å². The highest BCUT2D eigenvalue weighted by atomic mass is 32.1. The number of primary amides is 1. The van der Waals surface area contributed by atoms with Crippen LogP contribution in [0.25, 0.3) is 0 Å². The molecule has 16 heavy (non-hydrogen) atoms. The molecular formula is C11H17N3OS. The van der Waals surface area contributed by atoms with Gasteiger partial charge in [-0.15, -0.1) is 0 Å². The van der Waals surface area contributed by atoms with Crippen molar-refractivity contribution in [2.24, 2.45) is 17.4 Å². The van der Waals surface area contributed by atoms with Crippen LogP contribution in [0.4, 0.5) is 0 Å². The lowest BCUT2D eigenvalue weighted by Crippen LogP contribution is -2.33. The van der Waals surface area contributed by atoms with E-state index >= 15 is 0 Å². The normalized spacial score (nSPS) is 23.4. The van der Waals surface area contributed by atoms with Gasteiger partial charge in [0.2, 0.25) is 5.91 Å². The van der Waals surface area contributed by atoms with Gasteiger partial charge in [-0.25, -0.2) is 0 Å². The summed E-state index contributed by atoms with van der Waals surface area (Å²) >= 11 is 1.68. The number of rotatable bonds is 4. The van der Waals surface area contributed by atoms with E-state index in [4.69, 9.17) is 11.5 Å². The molecule has 0 radical (unpaired) electrons. The Bertz CT molecular complexity index is 352. The van der Waals surface area contributed by atoms with Gasteiger partial charge in [-0.2, -0.15) is 11.3 Å². The molecule has 2 heterocycles. The van der Waals surface area contributed by atoms with Gasteiger partial charge in [0.25, 0.3) is 0 Å². The summed E-state index contributed by atoms with van der Waals surface area (Å²) in [6.45, 7) is 2.24. The summed E-state index contributed by atoms with van der Waals surface area (Å²) in [5.41, 5.74) is 12.4. The van der Waals surface area contributed by atoms with E-state index < -0.39 is 0 Å². The summed E-state index contributed by atoms with van der Waals surface area (Å²) in [6.07, 6.45) is 0.857. The highest BCUT2D eigenvalue weighted by Gasteiger charge is 2.31. The van der Waals surface area contributed by atoms with Crippen molar-refractivity contribution in [1.82, 2.24) is 4.90 Å². The number of likely N-dealkylation sites (tertiary alicyclic amines) is 1. The molecule has 0 saturated carbocycles. The van der Waals surface area contributed by atoms with Crippen LogP contribution in [0.3, 0.4) is 0 Å². The molecule has 2 unspecified atom stereocenters. The molecule has 1 fully saturated rings. The van der Waals surface area contributed by atoms with E-state index in [2.05, 4.69) is 21.7 Å². The highest BCUT2D eigenvalue weighted by Crippen LogP contribution is 2.28. The molecule has 4 N–H and O–H groups in total. The van der Waals surface area contributed by atoms with Crippen LogP contribution >= 0.6 is 11.3 Å². The molecule has 4 nitrogen and oxygen atoms in total. The molecule has 1 aliphatic rings. The number of carbonyl (C=O) groups excluding carboxylic acids is 1. The van der Waals surface area contributed by atoms with Crippen LogP contribution in [0.2, 0.25) is 0 Å². The van der Waals surface area contributed by atoms with Crippen LogP contribution in [0, 0.1) is 5.92 Å². The monoisotopic (exact) mass is 239 g/mol. The molecule has 0 bridgehead atoms. The van der Waals surface area contributed by atoms with Crippen molar-refractivity contribution in [3.8, 4) is 0 Å². The molecule has 0 spiro atoms. The Balaban J connectivity index is 2.04. The Kier molecular flexibility index (Phi) is 3.58. The summed E-state index contributed by atoms with van der Waals surface area (Å²) in [4.78, 5) is 13.4. The number of nitrogens with zero attached hydrogens (tertiary/aromatic N) is 1. The first-order chi connectivity index (χ1) is 7.72. The number of hydrogen-bond acceptors (Lipinski definition) is 4. The molecule has 1 aromatic rings. The van der Waals surface area contributed by atoms with Gasteiger partial charge >= 0.3 is 0 Å². The fourth-order valence-electron chi connectivity index (χ4n) is 2.26. The standard InChI is InChI=1S/C11H17N3OS/c12-5-10(9-2-4-16-7-9)14-3-1-8(6-14)11(13)15/h2,4,7-8,10H,1,3,5-6,12H2,(H2,13,15).